The van der Waals surface area contributed by atoms with Gasteiger partial charge in [-0.2, -0.15) is 0 Å². The van der Waals surface area contributed by atoms with E-state index >= 15 is 0 Å². The smallest absolute Gasteiger partial charge is 0.248 e. The first-order chi connectivity index (χ1) is 11.9. The summed E-state index contributed by atoms with van der Waals surface area (Å²) in [6, 6.07) is 7.51. The molecule has 25 heavy (non-hydrogen) atoms. The Kier molecular flexibility index (Phi) is 7.22. The highest BCUT2D eigenvalue weighted by atomic mass is 32.2. The third kappa shape index (κ3) is 6.64. The zero-order valence-electron chi connectivity index (χ0n) is 14.7. The number of amides is 1. The molecule has 1 aromatic rings. The molecule has 0 aliphatic carbocycles. The van der Waals surface area contributed by atoms with E-state index in [0.29, 0.717) is 32.8 Å². The van der Waals surface area contributed by atoms with Crippen molar-refractivity contribution in [1.29, 1.82) is 0 Å². The maximum atomic E-state index is 12.1. The van der Waals surface area contributed by atoms with Crippen LogP contribution in [-0.2, 0) is 26.0 Å². The molecule has 0 bridgehead atoms. The number of carbonyl (C=O) groups excluding carboxylic acids is 1. The summed E-state index contributed by atoms with van der Waals surface area (Å²) >= 11 is 0. The van der Waals surface area contributed by atoms with Crippen LogP contribution in [0.4, 0.5) is 0 Å². The van der Waals surface area contributed by atoms with E-state index in [2.05, 4.69) is 5.32 Å². The van der Waals surface area contributed by atoms with Gasteiger partial charge in [-0.25, -0.2) is 8.42 Å². The van der Waals surface area contributed by atoms with E-state index in [-0.39, 0.29) is 17.4 Å². The van der Waals surface area contributed by atoms with E-state index < -0.39 is 15.9 Å². The Bertz CT molecular complexity index is 663. The molecule has 0 saturated carbocycles. The van der Waals surface area contributed by atoms with Crippen molar-refractivity contribution in [1.82, 2.24) is 10.2 Å². The van der Waals surface area contributed by atoms with Gasteiger partial charge in [0.25, 0.3) is 0 Å². The summed E-state index contributed by atoms with van der Waals surface area (Å²) in [6.07, 6.45) is -0.562. The first-order valence-corrected chi connectivity index (χ1v) is 10.2. The lowest BCUT2D eigenvalue weighted by Gasteiger charge is -2.26. The van der Waals surface area contributed by atoms with Gasteiger partial charge in [0, 0.05) is 26.2 Å². The van der Waals surface area contributed by atoms with Gasteiger partial charge in [0.15, 0.2) is 9.84 Å². The number of nitrogens with one attached hydrogen (secondary N) is 1. The summed E-state index contributed by atoms with van der Waals surface area (Å²) in [5, 5.41) is 2.83. The summed E-state index contributed by atoms with van der Waals surface area (Å²) in [4.78, 5) is 14.1. The summed E-state index contributed by atoms with van der Waals surface area (Å²) in [7, 11) is -1.26. The highest BCUT2D eigenvalue weighted by Crippen LogP contribution is 2.13. The van der Waals surface area contributed by atoms with Crippen LogP contribution in [0.25, 0.3) is 0 Å². The molecule has 1 aliphatic heterocycles. The van der Waals surface area contributed by atoms with Crippen LogP contribution in [0.5, 0.6) is 5.75 Å². The standard InChI is InChI=1S/C17H26N2O5S/c1-14(24-13-15-4-3-5-16(12-15)23-2)17(20)18-6-7-19-8-10-25(21,22)11-9-19/h3-5,12,14H,6-11,13H2,1-2H3,(H,18,20)/t14-/m0/s1. The SMILES string of the molecule is COc1cccc(CO[C@@H](C)C(=O)NCCN2CCS(=O)(=O)CC2)c1. The number of sulfone groups is 1. The molecule has 2 rings (SSSR count). The molecule has 1 aliphatic rings. The molecule has 0 unspecified atom stereocenters. The van der Waals surface area contributed by atoms with Gasteiger partial charge in [-0.3, -0.25) is 9.69 Å². The number of carbonyl (C=O) groups is 1. The van der Waals surface area contributed by atoms with Crippen LogP contribution in [0, 0.1) is 0 Å². The van der Waals surface area contributed by atoms with Gasteiger partial charge >= 0.3 is 0 Å². The van der Waals surface area contributed by atoms with E-state index in [1.807, 2.05) is 29.2 Å². The molecule has 7 nitrogen and oxygen atoms in total. The topological polar surface area (TPSA) is 84.9 Å². The van der Waals surface area contributed by atoms with Crippen LogP contribution >= 0.6 is 0 Å². The van der Waals surface area contributed by atoms with Crippen molar-refractivity contribution < 1.29 is 22.7 Å². The highest BCUT2D eigenvalue weighted by Gasteiger charge is 2.21. The second-order valence-corrected chi connectivity index (χ2v) is 8.39. The summed E-state index contributed by atoms with van der Waals surface area (Å²) in [5.41, 5.74) is 0.938. The number of rotatable bonds is 8. The van der Waals surface area contributed by atoms with E-state index in [9.17, 15) is 13.2 Å². The molecule has 1 atom stereocenters. The Morgan fingerprint density at radius 3 is 2.72 bits per heavy atom. The van der Waals surface area contributed by atoms with Gasteiger partial charge in [0.05, 0.1) is 25.2 Å². The van der Waals surface area contributed by atoms with Crippen molar-refractivity contribution in [3.8, 4) is 5.75 Å². The maximum Gasteiger partial charge on any atom is 0.248 e. The van der Waals surface area contributed by atoms with Crippen LogP contribution < -0.4 is 10.1 Å². The van der Waals surface area contributed by atoms with Crippen molar-refractivity contribution in [2.45, 2.75) is 19.6 Å². The summed E-state index contributed by atoms with van der Waals surface area (Å²) in [5.74, 6) is 0.969. The van der Waals surface area contributed by atoms with E-state index in [4.69, 9.17) is 9.47 Å². The van der Waals surface area contributed by atoms with Crippen molar-refractivity contribution in [3.05, 3.63) is 29.8 Å². The third-order valence-corrected chi connectivity index (χ3v) is 5.78. The average molecular weight is 370 g/mol. The fourth-order valence-electron chi connectivity index (χ4n) is 2.51. The van der Waals surface area contributed by atoms with Gasteiger partial charge in [0.1, 0.15) is 11.9 Å². The molecule has 140 valence electrons. The third-order valence-electron chi connectivity index (χ3n) is 4.17. The van der Waals surface area contributed by atoms with E-state index in [1.54, 1.807) is 14.0 Å². The van der Waals surface area contributed by atoms with Crippen molar-refractivity contribution in [2.75, 3.05) is 44.8 Å². The number of ether oxygens (including phenoxy) is 2. The first kappa shape index (κ1) is 19.7. The largest absolute Gasteiger partial charge is 0.497 e. The molecular weight excluding hydrogens is 344 g/mol. The van der Waals surface area contributed by atoms with Crippen molar-refractivity contribution in [2.24, 2.45) is 0 Å². The van der Waals surface area contributed by atoms with Crippen LogP contribution in [0.15, 0.2) is 24.3 Å². The van der Waals surface area contributed by atoms with E-state index in [0.717, 1.165) is 11.3 Å². The van der Waals surface area contributed by atoms with Gasteiger partial charge in [0.2, 0.25) is 5.91 Å². The van der Waals surface area contributed by atoms with Gasteiger partial charge in [-0.15, -0.1) is 0 Å². The first-order valence-electron chi connectivity index (χ1n) is 8.34. The fourth-order valence-corrected chi connectivity index (χ4v) is 3.79. The van der Waals surface area contributed by atoms with Crippen LogP contribution in [0.3, 0.4) is 0 Å². The monoisotopic (exact) mass is 370 g/mol. The van der Waals surface area contributed by atoms with Crippen molar-refractivity contribution in [3.63, 3.8) is 0 Å². The molecular formula is C17H26N2O5S. The molecule has 1 fully saturated rings. The fraction of sp³-hybridized carbons (Fsp3) is 0.588. The molecule has 0 spiro atoms. The molecule has 1 N–H and O–H groups in total. The lowest BCUT2D eigenvalue weighted by molar-refractivity contribution is -0.132. The zero-order chi connectivity index (χ0) is 18.3. The maximum absolute atomic E-state index is 12.1. The van der Waals surface area contributed by atoms with Gasteiger partial charge in [-0.05, 0) is 24.6 Å². The van der Waals surface area contributed by atoms with Crippen LogP contribution in [0.1, 0.15) is 12.5 Å². The quantitative estimate of drug-likeness (QED) is 0.715. The number of hydrogen-bond donors (Lipinski definition) is 1. The normalized spacial score (nSPS) is 18.5. The van der Waals surface area contributed by atoms with Crippen LogP contribution in [-0.4, -0.2) is 70.1 Å². The second kappa shape index (κ2) is 9.17. The summed E-state index contributed by atoms with van der Waals surface area (Å²) in [6.45, 7) is 4.22. The molecule has 1 amide bonds. The Hall–Kier alpha value is -1.64. The predicted molar refractivity (Wildman–Crippen MR) is 95.3 cm³/mol. The molecule has 8 heteroatoms. The Morgan fingerprint density at radius 1 is 1.32 bits per heavy atom. The molecule has 0 aromatic heterocycles. The molecule has 1 heterocycles. The minimum Gasteiger partial charge on any atom is -0.497 e. The Balaban J connectivity index is 1.66. The zero-order valence-corrected chi connectivity index (χ0v) is 15.5. The van der Waals surface area contributed by atoms with Gasteiger partial charge < -0.3 is 14.8 Å². The minimum atomic E-state index is -2.87. The lowest BCUT2D eigenvalue weighted by Crippen LogP contribution is -2.45. The van der Waals surface area contributed by atoms with E-state index in [1.165, 1.54) is 0 Å². The number of nitrogens with zero attached hydrogens (tertiary/aromatic N) is 1. The number of benzene rings is 1. The number of methoxy groups -OCH3 is 1. The van der Waals surface area contributed by atoms with Gasteiger partial charge in [-0.1, -0.05) is 12.1 Å². The second-order valence-electron chi connectivity index (χ2n) is 6.09. The average Bonchev–Trinajstić information content (AvgIpc) is 2.61. The Labute approximate surface area is 149 Å². The number of hydrogen-bond acceptors (Lipinski definition) is 6. The Morgan fingerprint density at radius 2 is 2.04 bits per heavy atom. The minimum absolute atomic E-state index is 0.174. The van der Waals surface area contributed by atoms with Crippen LogP contribution in [0.2, 0.25) is 0 Å². The highest BCUT2D eigenvalue weighted by molar-refractivity contribution is 7.91. The van der Waals surface area contributed by atoms with Crippen molar-refractivity contribution >= 4 is 15.7 Å². The molecule has 1 aromatic carbocycles. The molecule has 1 saturated heterocycles. The molecule has 0 radical (unpaired) electrons. The lowest BCUT2D eigenvalue weighted by atomic mass is 10.2. The predicted octanol–water partition coefficient (Wildman–Crippen LogP) is 0.447. The summed E-state index contributed by atoms with van der Waals surface area (Å²) < 4.78 is 33.5.